The molecule has 0 aliphatic carbocycles. The Kier molecular flexibility index (Phi) is 5.05. The van der Waals surface area contributed by atoms with Crippen LogP contribution in [0.1, 0.15) is 11.1 Å². The molecule has 0 bridgehead atoms. The van der Waals surface area contributed by atoms with Crippen LogP contribution in [-0.4, -0.2) is 17.1 Å². The lowest BCUT2D eigenvalue weighted by Crippen LogP contribution is -2.02. The molecule has 0 radical (unpaired) electrons. The molecule has 6 heteroatoms. The largest absolute Gasteiger partial charge is 0.495 e. The number of hydrogen-bond donors (Lipinski definition) is 2. The summed E-state index contributed by atoms with van der Waals surface area (Å²) in [5.41, 5.74) is 3.92. The van der Waals surface area contributed by atoms with Crippen molar-refractivity contribution in [3.05, 3.63) is 64.8 Å². The van der Waals surface area contributed by atoms with E-state index in [9.17, 15) is 0 Å². The number of methoxy groups -OCH3 is 1. The highest BCUT2D eigenvalue weighted by atomic mass is 35.5. The zero-order chi connectivity index (χ0) is 17.8. The second kappa shape index (κ2) is 7.40. The molecule has 2 N–H and O–H groups in total. The summed E-state index contributed by atoms with van der Waals surface area (Å²) in [6.45, 7) is 4.03. The van der Waals surface area contributed by atoms with Gasteiger partial charge >= 0.3 is 0 Å². The van der Waals surface area contributed by atoms with Crippen molar-refractivity contribution in [3.8, 4) is 5.75 Å². The summed E-state index contributed by atoms with van der Waals surface area (Å²) in [5.74, 6) is 1.89. The van der Waals surface area contributed by atoms with Crippen molar-refractivity contribution in [2.45, 2.75) is 13.8 Å². The standard InChI is InChI=1S/C19H19ClN4O/c1-12-4-7-17(25-3)16(10-12)23-19-21-9-8-18(24-19)22-15-11-14(20)6-5-13(15)2/h4-11H,1-3H3,(H2,21,22,23,24). The molecule has 0 unspecified atom stereocenters. The Morgan fingerprint density at radius 3 is 2.60 bits per heavy atom. The summed E-state index contributed by atoms with van der Waals surface area (Å²) in [7, 11) is 1.64. The number of benzene rings is 2. The Balaban J connectivity index is 1.85. The molecule has 0 saturated carbocycles. The fourth-order valence-electron chi connectivity index (χ4n) is 2.40. The summed E-state index contributed by atoms with van der Waals surface area (Å²) in [5, 5.41) is 7.15. The third kappa shape index (κ3) is 4.19. The van der Waals surface area contributed by atoms with Crippen LogP contribution in [-0.2, 0) is 0 Å². The molecule has 0 aliphatic heterocycles. The molecule has 3 rings (SSSR count). The van der Waals surface area contributed by atoms with Gasteiger partial charge in [-0.15, -0.1) is 0 Å². The van der Waals surface area contributed by atoms with Gasteiger partial charge in [-0.2, -0.15) is 4.98 Å². The molecule has 2 aromatic carbocycles. The van der Waals surface area contributed by atoms with Crippen LogP contribution in [0.2, 0.25) is 5.02 Å². The molecule has 3 aromatic rings. The van der Waals surface area contributed by atoms with Gasteiger partial charge < -0.3 is 15.4 Å². The van der Waals surface area contributed by atoms with E-state index >= 15 is 0 Å². The van der Waals surface area contributed by atoms with Gasteiger partial charge in [0, 0.05) is 16.9 Å². The van der Waals surface area contributed by atoms with Crippen molar-refractivity contribution in [1.82, 2.24) is 9.97 Å². The molecule has 5 nitrogen and oxygen atoms in total. The number of anilines is 4. The fourth-order valence-corrected chi connectivity index (χ4v) is 2.57. The molecule has 1 heterocycles. The number of nitrogens with one attached hydrogen (secondary N) is 2. The predicted octanol–water partition coefficient (Wildman–Crippen LogP) is 5.24. The first-order valence-electron chi connectivity index (χ1n) is 7.83. The van der Waals surface area contributed by atoms with E-state index in [0.29, 0.717) is 16.8 Å². The quantitative estimate of drug-likeness (QED) is 0.656. The van der Waals surface area contributed by atoms with Crippen LogP contribution >= 0.6 is 11.6 Å². The average molecular weight is 355 g/mol. The summed E-state index contributed by atoms with van der Waals surface area (Å²) < 4.78 is 5.38. The minimum atomic E-state index is 0.480. The van der Waals surface area contributed by atoms with Crippen molar-refractivity contribution in [1.29, 1.82) is 0 Å². The third-order valence-electron chi connectivity index (χ3n) is 3.72. The lowest BCUT2D eigenvalue weighted by atomic mass is 10.2. The number of aromatic nitrogens is 2. The number of hydrogen-bond acceptors (Lipinski definition) is 5. The SMILES string of the molecule is COc1ccc(C)cc1Nc1nccc(Nc2cc(Cl)ccc2C)n1. The van der Waals surface area contributed by atoms with E-state index in [1.165, 1.54) is 0 Å². The second-order valence-corrected chi connectivity index (χ2v) is 6.11. The summed E-state index contributed by atoms with van der Waals surface area (Å²) in [6.07, 6.45) is 1.69. The Morgan fingerprint density at radius 2 is 1.80 bits per heavy atom. The van der Waals surface area contributed by atoms with E-state index in [-0.39, 0.29) is 0 Å². The van der Waals surface area contributed by atoms with Crippen molar-refractivity contribution in [2.24, 2.45) is 0 Å². The minimum absolute atomic E-state index is 0.480. The molecule has 0 saturated heterocycles. The first kappa shape index (κ1) is 17.0. The van der Waals surface area contributed by atoms with E-state index in [2.05, 4.69) is 20.6 Å². The monoisotopic (exact) mass is 354 g/mol. The summed E-state index contributed by atoms with van der Waals surface area (Å²) in [4.78, 5) is 8.78. The van der Waals surface area contributed by atoms with Gasteiger partial charge in [-0.05, 0) is 55.3 Å². The van der Waals surface area contributed by atoms with Gasteiger partial charge in [0.1, 0.15) is 11.6 Å². The lowest BCUT2D eigenvalue weighted by molar-refractivity contribution is 0.416. The number of aryl methyl sites for hydroxylation is 2. The van der Waals surface area contributed by atoms with Gasteiger partial charge in [0.05, 0.1) is 12.8 Å². The van der Waals surface area contributed by atoms with E-state index in [1.54, 1.807) is 19.4 Å². The van der Waals surface area contributed by atoms with Crippen LogP contribution in [0.3, 0.4) is 0 Å². The Morgan fingerprint density at radius 1 is 0.960 bits per heavy atom. The van der Waals surface area contributed by atoms with Crippen LogP contribution in [0.4, 0.5) is 23.1 Å². The van der Waals surface area contributed by atoms with Gasteiger partial charge in [-0.1, -0.05) is 23.7 Å². The smallest absolute Gasteiger partial charge is 0.229 e. The normalized spacial score (nSPS) is 10.4. The number of nitrogens with zero attached hydrogens (tertiary/aromatic N) is 2. The van der Waals surface area contributed by atoms with Crippen LogP contribution < -0.4 is 15.4 Å². The highest BCUT2D eigenvalue weighted by molar-refractivity contribution is 6.30. The molecular formula is C19H19ClN4O. The molecule has 0 atom stereocenters. The Bertz CT molecular complexity index is 898. The molecule has 25 heavy (non-hydrogen) atoms. The Labute approximate surface area is 152 Å². The van der Waals surface area contributed by atoms with E-state index in [1.807, 2.05) is 50.2 Å². The van der Waals surface area contributed by atoms with E-state index in [0.717, 1.165) is 28.3 Å². The minimum Gasteiger partial charge on any atom is -0.495 e. The van der Waals surface area contributed by atoms with Gasteiger partial charge in [0.25, 0.3) is 0 Å². The lowest BCUT2D eigenvalue weighted by Gasteiger charge is -2.13. The van der Waals surface area contributed by atoms with Crippen molar-refractivity contribution >= 4 is 34.7 Å². The number of rotatable bonds is 5. The van der Waals surface area contributed by atoms with Gasteiger partial charge in [-0.3, -0.25) is 0 Å². The van der Waals surface area contributed by atoms with Crippen LogP contribution in [0.5, 0.6) is 5.75 Å². The maximum absolute atomic E-state index is 6.07. The fraction of sp³-hybridized carbons (Fsp3) is 0.158. The average Bonchev–Trinajstić information content (AvgIpc) is 2.59. The van der Waals surface area contributed by atoms with E-state index in [4.69, 9.17) is 16.3 Å². The van der Waals surface area contributed by atoms with Crippen LogP contribution in [0.25, 0.3) is 0 Å². The first-order chi connectivity index (χ1) is 12.0. The van der Waals surface area contributed by atoms with Crippen molar-refractivity contribution in [2.75, 3.05) is 17.7 Å². The van der Waals surface area contributed by atoms with E-state index < -0.39 is 0 Å². The highest BCUT2D eigenvalue weighted by Crippen LogP contribution is 2.28. The molecule has 0 fully saturated rings. The third-order valence-corrected chi connectivity index (χ3v) is 3.95. The molecule has 0 amide bonds. The van der Waals surface area contributed by atoms with Gasteiger partial charge in [-0.25, -0.2) is 4.98 Å². The molecular weight excluding hydrogens is 336 g/mol. The van der Waals surface area contributed by atoms with Crippen LogP contribution in [0, 0.1) is 13.8 Å². The van der Waals surface area contributed by atoms with Crippen molar-refractivity contribution < 1.29 is 4.74 Å². The maximum atomic E-state index is 6.07. The Hall–Kier alpha value is -2.79. The highest BCUT2D eigenvalue weighted by Gasteiger charge is 2.07. The molecule has 0 aliphatic rings. The summed E-state index contributed by atoms with van der Waals surface area (Å²) >= 11 is 6.07. The predicted molar refractivity (Wildman–Crippen MR) is 103 cm³/mol. The van der Waals surface area contributed by atoms with Gasteiger partial charge in [0.15, 0.2) is 0 Å². The van der Waals surface area contributed by atoms with Gasteiger partial charge in [0.2, 0.25) is 5.95 Å². The topological polar surface area (TPSA) is 59.1 Å². The molecule has 0 spiro atoms. The van der Waals surface area contributed by atoms with Crippen molar-refractivity contribution in [3.63, 3.8) is 0 Å². The number of halogens is 1. The number of ether oxygens (including phenoxy) is 1. The van der Waals surface area contributed by atoms with Crippen LogP contribution in [0.15, 0.2) is 48.7 Å². The molecule has 1 aromatic heterocycles. The summed E-state index contributed by atoms with van der Waals surface area (Å²) in [6, 6.07) is 13.4. The maximum Gasteiger partial charge on any atom is 0.229 e. The first-order valence-corrected chi connectivity index (χ1v) is 8.21. The zero-order valence-corrected chi connectivity index (χ0v) is 15.1. The second-order valence-electron chi connectivity index (χ2n) is 5.68. The molecule has 128 valence electrons. The zero-order valence-electron chi connectivity index (χ0n) is 14.3.